The molecule has 0 aromatic carbocycles. The zero-order valence-electron chi connectivity index (χ0n) is 7.25. The first-order chi connectivity index (χ1) is 6.99. The summed E-state index contributed by atoms with van der Waals surface area (Å²) in [5.41, 5.74) is 0.207. The van der Waals surface area contributed by atoms with Crippen LogP contribution in [0.3, 0.4) is 0 Å². The van der Waals surface area contributed by atoms with Crippen LogP contribution in [0.15, 0.2) is 22.7 Å². The van der Waals surface area contributed by atoms with Gasteiger partial charge in [0.25, 0.3) is 0 Å². The second-order valence-corrected chi connectivity index (χ2v) is 3.41. The molecule has 1 heterocycles. The predicted molar refractivity (Wildman–Crippen MR) is 55.3 cm³/mol. The molecule has 0 amide bonds. The average Bonchev–Trinajstić information content (AvgIpc) is 2.13. The van der Waals surface area contributed by atoms with Gasteiger partial charge in [0.1, 0.15) is 0 Å². The molecule has 0 radical (unpaired) electrons. The summed E-state index contributed by atoms with van der Waals surface area (Å²) in [6, 6.07) is 2.71. The molecule has 1 aromatic heterocycles. The SMILES string of the molecule is O=C(O)/C=C/c1cc(Br)cc([N+](=O)[O-])n1. The van der Waals surface area contributed by atoms with Crippen molar-refractivity contribution >= 4 is 33.8 Å². The first-order valence-electron chi connectivity index (χ1n) is 3.72. The number of pyridine rings is 1. The molecule has 0 fully saturated rings. The molecule has 0 saturated heterocycles. The topological polar surface area (TPSA) is 93.3 Å². The van der Waals surface area contributed by atoms with E-state index in [1.54, 1.807) is 0 Å². The van der Waals surface area contributed by atoms with E-state index in [4.69, 9.17) is 5.11 Å². The van der Waals surface area contributed by atoms with E-state index in [0.29, 0.717) is 4.47 Å². The Kier molecular flexibility index (Phi) is 3.51. The molecule has 7 heteroatoms. The zero-order chi connectivity index (χ0) is 11.4. The maximum Gasteiger partial charge on any atom is 0.365 e. The van der Waals surface area contributed by atoms with E-state index in [-0.39, 0.29) is 11.5 Å². The van der Waals surface area contributed by atoms with E-state index in [0.717, 1.165) is 6.08 Å². The third-order valence-corrected chi connectivity index (χ3v) is 1.84. The fourth-order valence-corrected chi connectivity index (χ4v) is 1.28. The van der Waals surface area contributed by atoms with Crippen molar-refractivity contribution in [3.05, 3.63) is 38.5 Å². The van der Waals surface area contributed by atoms with Crippen molar-refractivity contribution in [1.29, 1.82) is 0 Å². The average molecular weight is 273 g/mol. The highest BCUT2D eigenvalue weighted by Gasteiger charge is 2.10. The summed E-state index contributed by atoms with van der Waals surface area (Å²) >= 11 is 3.06. The summed E-state index contributed by atoms with van der Waals surface area (Å²) in [5, 5.41) is 18.8. The molecule has 0 unspecified atom stereocenters. The predicted octanol–water partition coefficient (Wildman–Crippen LogP) is 1.85. The Labute approximate surface area is 92.5 Å². The lowest BCUT2D eigenvalue weighted by Gasteiger charge is -1.93. The van der Waals surface area contributed by atoms with Crippen molar-refractivity contribution in [2.75, 3.05) is 0 Å². The first-order valence-corrected chi connectivity index (χ1v) is 4.51. The highest BCUT2D eigenvalue weighted by molar-refractivity contribution is 9.10. The molecule has 0 aliphatic rings. The number of carboxylic acid groups (broad SMARTS) is 1. The third-order valence-electron chi connectivity index (χ3n) is 1.38. The van der Waals surface area contributed by atoms with Crippen LogP contribution in [-0.2, 0) is 4.79 Å². The minimum absolute atomic E-state index is 0.207. The Balaban J connectivity index is 3.09. The molecule has 6 nitrogen and oxygen atoms in total. The van der Waals surface area contributed by atoms with Gasteiger partial charge in [-0.2, -0.15) is 0 Å². The van der Waals surface area contributed by atoms with Crippen molar-refractivity contribution in [3.63, 3.8) is 0 Å². The van der Waals surface area contributed by atoms with Crippen LogP contribution >= 0.6 is 15.9 Å². The van der Waals surface area contributed by atoms with Gasteiger partial charge in [0, 0.05) is 16.6 Å². The first kappa shape index (κ1) is 11.3. The number of rotatable bonds is 3. The fourth-order valence-electron chi connectivity index (χ4n) is 0.839. The lowest BCUT2D eigenvalue weighted by molar-refractivity contribution is -0.389. The van der Waals surface area contributed by atoms with Crippen LogP contribution in [0.25, 0.3) is 6.08 Å². The third kappa shape index (κ3) is 3.47. The van der Waals surface area contributed by atoms with Gasteiger partial charge >= 0.3 is 11.8 Å². The van der Waals surface area contributed by atoms with Gasteiger partial charge in [-0.1, -0.05) is 15.9 Å². The van der Waals surface area contributed by atoms with E-state index < -0.39 is 10.9 Å². The lowest BCUT2D eigenvalue weighted by Crippen LogP contribution is -1.94. The minimum atomic E-state index is -1.14. The largest absolute Gasteiger partial charge is 0.478 e. The van der Waals surface area contributed by atoms with Gasteiger partial charge in [0.2, 0.25) is 0 Å². The van der Waals surface area contributed by atoms with Crippen molar-refractivity contribution in [3.8, 4) is 0 Å². The number of hydrogen-bond donors (Lipinski definition) is 1. The maximum atomic E-state index is 10.4. The molecule has 1 aromatic rings. The highest BCUT2D eigenvalue weighted by Crippen LogP contribution is 2.18. The fraction of sp³-hybridized carbons (Fsp3) is 0. The van der Waals surface area contributed by atoms with Crippen LogP contribution in [0, 0.1) is 10.1 Å². The molecule has 0 spiro atoms. The van der Waals surface area contributed by atoms with Crippen LogP contribution in [-0.4, -0.2) is 21.0 Å². The number of carbonyl (C=O) groups is 1. The molecular weight excluding hydrogens is 268 g/mol. The smallest absolute Gasteiger partial charge is 0.365 e. The molecule has 1 N–H and O–H groups in total. The minimum Gasteiger partial charge on any atom is -0.478 e. The van der Waals surface area contributed by atoms with E-state index in [1.807, 2.05) is 0 Å². The molecule has 0 atom stereocenters. The van der Waals surface area contributed by atoms with Gasteiger partial charge in [-0.25, -0.2) is 4.79 Å². The van der Waals surface area contributed by atoms with Gasteiger partial charge < -0.3 is 15.2 Å². The second kappa shape index (κ2) is 4.65. The van der Waals surface area contributed by atoms with Gasteiger partial charge in [-0.15, -0.1) is 0 Å². The van der Waals surface area contributed by atoms with Crippen LogP contribution < -0.4 is 0 Å². The van der Waals surface area contributed by atoms with Crippen molar-refractivity contribution in [2.45, 2.75) is 0 Å². The summed E-state index contributed by atoms with van der Waals surface area (Å²) in [7, 11) is 0. The summed E-state index contributed by atoms with van der Waals surface area (Å²) < 4.78 is 0.467. The molecule has 0 aliphatic heterocycles. The van der Waals surface area contributed by atoms with Crippen LogP contribution in [0.1, 0.15) is 5.69 Å². The molecule has 0 aliphatic carbocycles. The quantitative estimate of drug-likeness (QED) is 0.515. The van der Waals surface area contributed by atoms with Crippen molar-refractivity contribution in [1.82, 2.24) is 4.98 Å². The number of hydrogen-bond acceptors (Lipinski definition) is 4. The van der Waals surface area contributed by atoms with E-state index in [1.165, 1.54) is 18.2 Å². The van der Waals surface area contributed by atoms with Gasteiger partial charge in [-0.05, 0) is 16.0 Å². The van der Waals surface area contributed by atoms with Gasteiger partial charge in [0.15, 0.2) is 5.69 Å². The van der Waals surface area contributed by atoms with E-state index >= 15 is 0 Å². The molecule has 1 rings (SSSR count). The van der Waals surface area contributed by atoms with Crippen LogP contribution in [0.5, 0.6) is 0 Å². The zero-order valence-corrected chi connectivity index (χ0v) is 8.84. The summed E-state index contributed by atoms with van der Waals surface area (Å²) in [6.07, 6.45) is 2.04. The molecular formula is C8H5BrN2O4. The van der Waals surface area contributed by atoms with Gasteiger partial charge in [-0.3, -0.25) is 0 Å². The summed E-state index contributed by atoms with van der Waals surface area (Å²) in [5.74, 6) is -1.48. The molecule has 15 heavy (non-hydrogen) atoms. The van der Waals surface area contributed by atoms with Crippen molar-refractivity contribution < 1.29 is 14.8 Å². The number of nitrogens with zero attached hydrogens (tertiary/aromatic N) is 2. The normalized spacial score (nSPS) is 10.5. The number of aromatic nitrogens is 1. The van der Waals surface area contributed by atoms with Gasteiger partial charge in [0.05, 0.1) is 6.07 Å². The number of aliphatic carboxylic acids is 1. The molecule has 0 bridgehead atoms. The highest BCUT2D eigenvalue weighted by atomic mass is 79.9. The monoisotopic (exact) mass is 272 g/mol. The summed E-state index contributed by atoms with van der Waals surface area (Å²) in [6.45, 7) is 0. The maximum absolute atomic E-state index is 10.4. The number of halogens is 1. The molecule has 78 valence electrons. The Hall–Kier alpha value is -1.76. The molecule has 0 saturated carbocycles. The Morgan fingerprint density at radius 1 is 1.60 bits per heavy atom. The summed E-state index contributed by atoms with van der Waals surface area (Å²) in [4.78, 5) is 23.6. The Morgan fingerprint density at radius 2 is 2.27 bits per heavy atom. The van der Waals surface area contributed by atoms with E-state index in [2.05, 4.69) is 20.9 Å². The number of carboxylic acids is 1. The Morgan fingerprint density at radius 3 is 2.80 bits per heavy atom. The standard InChI is InChI=1S/C8H5BrN2O4/c9-5-3-6(1-2-8(12)13)10-7(4-5)11(14)15/h1-4H,(H,12,13)/b2-1+. The number of nitro groups is 1. The second-order valence-electron chi connectivity index (χ2n) is 2.50. The van der Waals surface area contributed by atoms with Crippen LogP contribution in [0.2, 0.25) is 0 Å². The van der Waals surface area contributed by atoms with E-state index in [9.17, 15) is 14.9 Å². The van der Waals surface area contributed by atoms with Crippen molar-refractivity contribution in [2.24, 2.45) is 0 Å². The lowest BCUT2D eigenvalue weighted by atomic mass is 10.3. The van der Waals surface area contributed by atoms with Crippen LogP contribution in [0.4, 0.5) is 5.82 Å². The Bertz CT molecular complexity index is 444.